The van der Waals surface area contributed by atoms with Gasteiger partial charge < -0.3 is 43.6 Å². The van der Waals surface area contributed by atoms with Crippen LogP contribution in [0.25, 0.3) is 0 Å². The Kier molecular flexibility index (Phi) is 13.5. The highest BCUT2D eigenvalue weighted by Crippen LogP contribution is 2.17. The number of hydrogen-bond acceptors (Lipinski definition) is 7. The van der Waals surface area contributed by atoms with Crippen molar-refractivity contribution in [2.24, 2.45) is 0 Å². The van der Waals surface area contributed by atoms with Crippen molar-refractivity contribution in [1.82, 2.24) is 30.9 Å². The number of Topliss-reactive ketones (excluding diaryl/α,β-unsaturated/α-hetero) is 1. The molecule has 0 aliphatic rings. The second kappa shape index (κ2) is 16.6. The van der Waals surface area contributed by atoms with Gasteiger partial charge in [0.15, 0.2) is 5.78 Å². The van der Waals surface area contributed by atoms with Gasteiger partial charge in [-0.25, -0.2) is 14.3 Å². The normalized spacial score (nSPS) is 13.0. The Morgan fingerprint density at radius 1 is 0.978 bits per heavy atom. The molecular weight excluding hydrogens is 602 g/mol. The molecular formula is C27H39BF3N7O7. The van der Waals surface area contributed by atoms with E-state index in [4.69, 9.17) is 5.11 Å². The molecule has 45 heavy (non-hydrogen) atoms. The summed E-state index contributed by atoms with van der Waals surface area (Å²) in [7, 11) is 2.96. The first kappa shape index (κ1) is 36.7. The van der Waals surface area contributed by atoms with Crippen LogP contribution in [0.5, 0.6) is 0 Å². The molecule has 2 rings (SSSR count). The van der Waals surface area contributed by atoms with Gasteiger partial charge in [0.1, 0.15) is 18.3 Å². The minimum absolute atomic E-state index is 0.0524. The molecule has 2 aromatic rings. The molecule has 1 aromatic carbocycles. The van der Waals surface area contributed by atoms with E-state index in [0.29, 0.717) is 30.6 Å². The highest BCUT2D eigenvalue weighted by atomic mass is 19.4. The first-order chi connectivity index (χ1) is 20.9. The van der Waals surface area contributed by atoms with Gasteiger partial charge in [-0.1, -0.05) is 17.3 Å². The van der Waals surface area contributed by atoms with Crippen molar-refractivity contribution in [3.8, 4) is 0 Å². The Morgan fingerprint density at radius 2 is 1.62 bits per heavy atom. The van der Waals surface area contributed by atoms with Gasteiger partial charge in [-0.2, -0.15) is 0 Å². The third-order valence-corrected chi connectivity index (χ3v) is 6.69. The summed E-state index contributed by atoms with van der Waals surface area (Å²) in [6.07, 6.45) is 1.000. The number of carbonyl (C=O) groups excluding carboxylic acids is 3. The van der Waals surface area contributed by atoms with E-state index >= 15 is 0 Å². The number of urea groups is 1. The lowest BCUT2D eigenvalue weighted by Gasteiger charge is -2.33. The molecule has 2 atom stereocenters. The van der Waals surface area contributed by atoms with Crippen LogP contribution >= 0.6 is 0 Å². The molecule has 0 spiro atoms. The standard InChI is InChI=1S/C27H39BF3N7O7/c1-18(39)22(11-12-24(40)41)33-27(45)34-23(26(43)44)6-4-5-13-32-25(42)20-9-7-19(8-10-20)14-37-15-21(35-36-37)16-38(2,3)17-28(29,30)31/h7-10,15,22-23H,4-6,11-14,16-17H2,1-3H3,(H,32,42)(H,40,41)(H,43,44)(H2,33,34,45). The number of carboxylic acid groups (broad SMARTS) is 2. The number of aliphatic carboxylic acids is 2. The van der Waals surface area contributed by atoms with Crippen molar-refractivity contribution >= 4 is 36.6 Å². The van der Waals surface area contributed by atoms with Gasteiger partial charge in [0.2, 0.25) is 0 Å². The van der Waals surface area contributed by atoms with Gasteiger partial charge >= 0.3 is 24.9 Å². The quantitative estimate of drug-likeness (QED) is 0.0864. The largest absolute Gasteiger partial charge is 0.531 e. The Balaban J connectivity index is 1.77. The van der Waals surface area contributed by atoms with Crippen molar-refractivity contribution in [3.05, 3.63) is 47.3 Å². The van der Waals surface area contributed by atoms with E-state index in [1.165, 1.54) is 25.7 Å². The number of nitrogens with one attached hydrogen (secondary N) is 3. The maximum Gasteiger partial charge on any atom is 0.531 e. The molecule has 248 valence electrons. The molecule has 0 saturated heterocycles. The fourth-order valence-corrected chi connectivity index (χ4v) is 4.54. The van der Waals surface area contributed by atoms with Gasteiger partial charge in [0.05, 0.1) is 39.3 Å². The molecule has 0 fully saturated rings. The number of hydrogen-bond donors (Lipinski definition) is 5. The van der Waals surface area contributed by atoms with Crippen LogP contribution in [0, 0.1) is 0 Å². The summed E-state index contributed by atoms with van der Waals surface area (Å²) in [6, 6.07) is 3.44. The lowest BCUT2D eigenvalue weighted by atomic mass is 9.90. The number of aromatic nitrogens is 3. The predicted octanol–water partition coefficient (Wildman–Crippen LogP) is 1.76. The van der Waals surface area contributed by atoms with E-state index in [1.54, 1.807) is 30.5 Å². The zero-order chi connectivity index (χ0) is 33.8. The van der Waals surface area contributed by atoms with Gasteiger partial charge in [0.25, 0.3) is 5.91 Å². The van der Waals surface area contributed by atoms with Crippen LogP contribution in [0.2, 0.25) is 0 Å². The molecule has 2 unspecified atom stereocenters. The SMILES string of the molecule is CC(=O)C(CCC(=O)O)NC(=O)NC(CCCCNC(=O)c1ccc(Cn2cc(C[N+](C)(C)C[B-](F)(F)F)nn2)cc1)C(=O)O. The van der Waals surface area contributed by atoms with E-state index in [2.05, 4.69) is 26.3 Å². The maximum atomic E-state index is 12.8. The topological polar surface area (TPSA) is 193 Å². The number of halogens is 3. The van der Waals surface area contributed by atoms with E-state index in [-0.39, 0.29) is 42.7 Å². The zero-order valence-corrected chi connectivity index (χ0v) is 25.3. The predicted molar refractivity (Wildman–Crippen MR) is 156 cm³/mol. The van der Waals surface area contributed by atoms with Crippen LogP contribution in [0.3, 0.4) is 0 Å². The molecule has 0 aliphatic heterocycles. The van der Waals surface area contributed by atoms with Crippen LogP contribution < -0.4 is 16.0 Å². The second-order valence-corrected chi connectivity index (χ2v) is 11.4. The molecule has 14 nitrogen and oxygen atoms in total. The highest BCUT2D eigenvalue weighted by Gasteiger charge is 2.34. The minimum Gasteiger partial charge on any atom is -0.481 e. The number of amides is 3. The van der Waals surface area contributed by atoms with Crippen LogP contribution in [0.4, 0.5) is 17.7 Å². The lowest BCUT2D eigenvalue weighted by Crippen LogP contribution is -2.50. The number of ketones is 1. The number of unbranched alkanes of at least 4 members (excludes halogenated alkanes) is 1. The minimum atomic E-state index is -4.94. The summed E-state index contributed by atoms with van der Waals surface area (Å²) >= 11 is 0. The van der Waals surface area contributed by atoms with E-state index in [1.807, 2.05) is 0 Å². The number of carboxylic acids is 2. The highest BCUT2D eigenvalue weighted by molar-refractivity contribution is 6.58. The fourth-order valence-electron chi connectivity index (χ4n) is 4.54. The number of nitrogens with zero attached hydrogens (tertiary/aromatic N) is 4. The third-order valence-electron chi connectivity index (χ3n) is 6.69. The molecule has 3 amide bonds. The average molecular weight is 641 g/mol. The molecule has 0 aliphatic carbocycles. The van der Waals surface area contributed by atoms with Crippen molar-refractivity contribution in [3.63, 3.8) is 0 Å². The van der Waals surface area contributed by atoms with Crippen LogP contribution in [-0.2, 0) is 27.5 Å². The van der Waals surface area contributed by atoms with Gasteiger partial charge in [-0.05, 0) is 50.3 Å². The van der Waals surface area contributed by atoms with Crippen molar-refractivity contribution in [2.75, 3.05) is 27.1 Å². The summed E-state index contributed by atoms with van der Waals surface area (Å²) in [5.74, 6) is -3.23. The first-order valence-electron chi connectivity index (χ1n) is 14.3. The van der Waals surface area contributed by atoms with Gasteiger partial charge in [0, 0.05) is 18.5 Å². The summed E-state index contributed by atoms with van der Waals surface area (Å²) < 4.78 is 39.7. The molecule has 1 heterocycles. The Bertz CT molecular complexity index is 1340. The summed E-state index contributed by atoms with van der Waals surface area (Å²) in [6.45, 7) is -3.14. The Labute approximate surface area is 258 Å². The number of carbonyl (C=O) groups is 5. The molecule has 5 N–H and O–H groups in total. The van der Waals surface area contributed by atoms with Crippen LogP contribution in [0.1, 0.15) is 60.6 Å². The van der Waals surface area contributed by atoms with Crippen LogP contribution in [0.15, 0.2) is 30.5 Å². The van der Waals surface area contributed by atoms with Crippen LogP contribution in [-0.4, -0.2) is 105 Å². The van der Waals surface area contributed by atoms with Crippen molar-refractivity contribution < 1.29 is 51.6 Å². The number of rotatable bonds is 19. The van der Waals surface area contributed by atoms with Crippen molar-refractivity contribution in [2.45, 2.75) is 64.2 Å². The number of benzene rings is 1. The Hall–Kier alpha value is -4.48. The maximum absolute atomic E-state index is 12.8. The fraction of sp³-hybridized carbons (Fsp3) is 0.519. The average Bonchev–Trinajstić information content (AvgIpc) is 3.34. The monoisotopic (exact) mass is 641 g/mol. The summed E-state index contributed by atoms with van der Waals surface area (Å²) in [5.41, 5.74) is 1.61. The van der Waals surface area contributed by atoms with Crippen molar-refractivity contribution in [1.29, 1.82) is 0 Å². The van der Waals surface area contributed by atoms with Gasteiger partial charge in [-0.3, -0.25) is 14.4 Å². The second-order valence-electron chi connectivity index (χ2n) is 11.4. The third kappa shape index (κ3) is 14.2. The zero-order valence-electron chi connectivity index (χ0n) is 25.3. The van der Waals surface area contributed by atoms with E-state index < -0.39 is 49.3 Å². The van der Waals surface area contributed by atoms with E-state index in [9.17, 15) is 42.0 Å². The first-order valence-corrected chi connectivity index (χ1v) is 14.3. The molecule has 0 saturated carbocycles. The molecule has 18 heteroatoms. The van der Waals surface area contributed by atoms with E-state index in [0.717, 1.165) is 5.56 Å². The lowest BCUT2D eigenvalue weighted by molar-refractivity contribution is -0.895. The summed E-state index contributed by atoms with van der Waals surface area (Å²) in [5, 5.41) is 33.5. The Morgan fingerprint density at radius 3 is 2.20 bits per heavy atom. The molecule has 0 radical (unpaired) electrons. The molecule has 0 bridgehead atoms. The smallest absolute Gasteiger partial charge is 0.481 e. The summed E-state index contributed by atoms with van der Waals surface area (Å²) in [4.78, 5) is 58.7. The number of quaternary nitrogens is 1. The van der Waals surface area contributed by atoms with Gasteiger partial charge in [-0.15, -0.1) is 5.10 Å². The molecule has 1 aromatic heterocycles.